The van der Waals surface area contributed by atoms with Gasteiger partial charge in [-0.1, -0.05) is 24.3 Å². The summed E-state index contributed by atoms with van der Waals surface area (Å²) >= 11 is 0. The number of aliphatic carboxylic acids is 1. The molecule has 39 nitrogen and oxygen atoms in total. The van der Waals surface area contributed by atoms with Gasteiger partial charge in [-0.15, -0.1) is 0 Å². The molecule has 0 bridgehead atoms. The molecule has 0 amide bonds. The molecule has 0 saturated carbocycles. The number of phenols is 4. The zero-order chi connectivity index (χ0) is 84.5. The van der Waals surface area contributed by atoms with E-state index in [9.17, 15) is 116 Å². The first-order valence-electron chi connectivity index (χ1n) is 36.8. The topological polar surface area (TPSA) is 611 Å². The molecule has 20 N–H and O–H groups in total. The number of methoxy groups -OCH3 is 4. The number of hydrogen-bond donors (Lipinski definition) is 20. The Morgan fingerprint density at radius 3 is 0.809 bits per heavy atom. The number of phenolic OH excluding ortho intramolecular Hbond substituents is 4. The molecule has 0 unspecified atom stereocenters. The van der Waals surface area contributed by atoms with Crippen LogP contribution in [-0.2, 0) is 97.0 Å². The van der Waals surface area contributed by atoms with Gasteiger partial charge < -0.3 is 173 Å². The second-order valence-corrected chi connectivity index (χ2v) is 29.6. The highest BCUT2D eigenvalue weighted by Gasteiger charge is 2.50. The summed E-state index contributed by atoms with van der Waals surface area (Å²) in [6.07, 6.45) is -39.6. The van der Waals surface area contributed by atoms with Gasteiger partial charge in [0.25, 0.3) is 0 Å². The normalized spacial score (nSPS) is 29.8. The number of aliphatic hydroxyl groups is 15. The second-order valence-electron chi connectivity index (χ2n) is 29.6. The highest BCUT2D eigenvalue weighted by Crippen LogP contribution is 2.38. The predicted molar refractivity (Wildman–Crippen MR) is 385 cm³/mol. The van der Waals surface area contributed by atoms with Crippen molar-refractivity contribution in [1.82, 2.24) is 0 Å². The number of benzene rings is 4. The fourth-order valence-electron chi connectivity index (χ4n) is 13.8. The minimum Gasteiger partial charge on any atom is -0.504 e. The first-order valence-corrected chi connectivity index (χ1v) is 36.8. The van der Waals surface area contributed by atoms with E-state index in [1.807, 2.05) is 0 Å². The van der Waals surface area contributed by atoms with Crippen molar-refractivity contribution < 1.29 is 192 Å². The van der Waals surface area contributed by atoms with Gasteiger partial charge in [0, 0.05) is 0 Å². The lowest BCUT2D eigenvalue weighted by Crippen LogP contribution is -2.60. The molecule has 4 saturated heterocycles. The van der Waals surface area contributed by atoms with Crippen molar-refractivity contribution in [2.45, 2.75) is 199 Å². The average molecular weight is 1640 g/mol. The maximum absolute atomic E-state index is 13.5. The lowest BCUT2D eigenvalue weighted by Gasteiger charge is -2.41. The highest BCUT2D eigenvalue weighted by molar-refractivity contribution is 5.75. The Morgan fingerprint density at radius 1 is 0.357 bits per heavy atom. The van der Waals surface area contributed by atoms with Gasteiger partial charge in [0.05, 0.1) is 98.4 Å². The Hall–Kier alpha value is -7.76. The number of esters is 3. The molecule has 4 fully saturated rings. The number of carboxylic acids is 1. The molecule has 0 radical (unpaired) electrons. The maximum atomic E-state index is 13.5. The molecule has 4 aromatic carbocycles. The van der Waals surface area contributed by atoms with E-state index in [-0.39, 0.29) is 78.3 Å². The molecule has 39 heteroatoms. The van der Waals surface area contributed by atoms with Crippen LogP contribution in [0.4, 0.5) is 0 Å². The number of carbonyl (C=O) groups excluding carboxylic acids is 3. The molecule has 4 aliphatic heterocycles. The summed E-state index contributed by atoms with van der Waals surface area (Å²) in [5.74, 6) is -8.72. The molecule has 26 atom stereocenters. The fraction of sp³-hybridized carbons (Fsp3) is 0.632. The van der Waals surface area contributed by atoms with E-state index in [4.69, 9.17) is 76.2 Å². The van der Waals surface area contributed by atoms with E-state index in [1.54, 1.807) is 24.3 Å². The summed E-state index contributed by atoms with van der Waals surface area (Å²) in [5, 5.41) is 216. The molecule has 4 heterocycles. The van der Waals surface area contributed by atoms with Crippen LogP contribution in [0.25, 0.3) is 0 Å². The first kappa shape index (κ1) is 92.7. The predicted octanol–water partition coefficient (Wildman–Crippen LogP) is -3.66. The number of aromatic hydroxyl groups is 4. The quantitative estimate of drug-likeness (QED) is 0.0150. The van der Waals surface area contributed by atoms with Crippen LogP contribution in [-0.4, -0.2) is 341 Å². The molecular formula is C76H106O39. The summed E-state index contributed by atoms with van der Waals surface area (Å²) in [6.45, 7) is -2.73. The fourth-order valence-corrected chi connectivity index (χ4v) is 13.8. The molecule has 8 rings (SSSR count). The van der Waals surface area contributed by atoms with Crippen molar-refractivity contribution in [2.24, 2.45) is 23.7 Å². The standard InChI is InChI=1S/C76H106O39/c1-75(99,23-55(82)83)24-56(84)105-32-52-60(88)64(92)68(96)72(113-52)110-30-41(17-37-9-13-45(80)49(21-37)103-5)42(18-38-10-14-46(81)50(22-38)104-6)31-111-74-70(98)66(94)62(90)54(115-74)34-107-58(86)26-76(2,100)25-57(85)106-33-53-61(89)65(93)69(97)73(114-53)109-29-40(16-36-8-12-44(79)48(20-36)102-4)39(15-35-7-11-43(78)47(19-35)101-3)28-108-71-67(95)63(91)59(87)51(27-77)112-71/h7-14,19-22,39-42,51-54,59-74,77-81,87-100H,15-18,23-34H2,1-6H3,(H,82,83)/t39-,40-,41-,42-,51-,52+,53-,54+,59-,60+,61-,62+,63+,64-,65+,66-,67-,68+,69-,70+,71-,72+,73-,74+,75-,76+/m1/s1. The van der Waals surface area contributed by atoms with Gasteiger partial charge in [0.15, 0.2) is 71.2 Å². The average Bonchev–Trinajstić information content (AvgIpc) is 0.802. The summed E-state index contributed by atoms with van der Waals surface area (Å²) in [5.41, 5.74) is -2.20. The van der Waals surface area contributed by atoms with Gasteiger partial charge in [0.1, 0.15) is 117 Å². The second kappa shape index (κ2) is 42.1. The smallest absolute Gasteiger partial charge is 0.308 e. The number of aliphatic hydroxyl groups excluding tert-OH is 13. The molecule has 0 aliphatic carbocycles. The Labute approximate surface area is 659 Å². The molecule has 0 aromatic heterocycles. The number of rotatable bonds is 41. The Balaban J connectivity index is 0.919. The third kappa shape index (κ3) is 25.4. The SMILES string of the molecule is COc1cc(C[C@H](CO[C@H]2O[C@@H](COC(=O)C[C@@](C)(O)CC(=O)OC[C@H]3O[C@@H](OC[C@@H](Cc4ccc(O)c(OC)c4)[C@@H](CO[C@@H]4O[C@H](CO)[C@@H](O)[C@H](O)[C@H]4O)Cc4ccc(O)c(OC)c4)[C@H](O)[C@@H](O)[C@@H]3O)[C@H](O)[C@@H](O)[C@@H]2O)[C@@H](CO[C@H]2O[C@@H](COC(=O)C[C@](C)(O)CC(=O)O)[C@H](O)[C@@H](O)[C@@H]2O)Cc2ccc(O)c(OC)c2)ccc1O. The van der Waals surface area contributed by atoms with Crippen molar-refractivity contribution in [2.75, 3.05) is 81.3 Å². The minimum absolute atomic E-state index is 0.000197. The third-order valence-electron chi connectivity index (χ3n) is 20.4. The summed E-state index contributed by atoms with van der Waals surface area (Å²) in [7, 11) is 5.27. The van der Waals surface area contributed by atoms with Crippen LogP contribution in [0.15, 0.2) is 72.8 Å². The Bertz CT molecular complexity index is 3760. The number of carbonyl (C=O) groups is 4. The van der Waals surface area contributed by atoms with Crippen LogP contribution in [0.1, 0.15) is 61.8 Å². The summed E-state index contributed by atoms with van der Waals surface area (Å²) in [4.78, 5) is 51.0. The first-order chi connectivity index (χ1) is 54.4. The number of carboxylic acid groups (broad SMARTS) is 1. The molecule has 4 aliphatic rings. The summed E-state index contributed by atoms with van der Waals surface area (Å²) in [6, 6.07) is 17.8. The molecule has 644 valence electrons. The van der Waals surface area contributed by atoms with Crippen LogP contribution in [0.3, 0.4) is 0 Å². The van der Waals surface area contributed by atoms with Crippen molar-refractivity contribution >= 4 is 23.9 Å². The van der Waals surface area contributed by atoms with E-state index in [0.29, 0.717) is 22.3 Å². The van der Waals surface area contributed by atoms with E-state index in [1.165, 1.54) is 77.0 Å². The van der Waals surface area contributed by atoms with Crippen LogP contribution in [0, 0.1) is 23.7 Å². The van der Waals surface area contributed by atoms with E-state index in [0.717, 1.165) is 13.8 Å². The van der Waals surface area contributed by atoms with Gasteiger partial charge in [-0.2, -0.15) is 0 Å². The molecule has 115 heavy (non-hydrogen) atoms. The number of hydrogen-bond acceptors (Lipinski definition) is 38. The van der Waals surface area contributed by atoms with Crippen molar-refractivity contribution in [3.63, 3.8) is 0 Å². The van der Waals surface area contributed by atoms with Gasteiger partial charge in [-0.05, 0) is 134 Å². The van der Waals surface area contributed by atoms with Crippen molar-refractivity contribution in [1.29, 1.82) is 0 Å². The van der Waals surface area contributed by atoms with E-state index >= 15 is 0 Å². The van der Waals surface area contributed by atoms with E-state index < -0.39 is 254 Å². The lowest BCUT2D eigenvalue weighted by atomic mass is 9.83. The third-order valence-corrected chi connectivity index (χ3v) is 20.4. The van der Waals surface area contributed by atoms with Crippen molar-refractivity contribution in [3.05, 3.63) is 95.1 Å². The van der Waals surface area contributed by atoms with Crippen molar-refractivity contribution in [3.8, 4) is 46.0 Å². The maximum Gasteiger partial charge on any atom is 0.308 e. The Morgan fingerprint density at radius 2 is 0.583 bits per heavy atom. The van der Waals surface area contributed by atoms with Gasteiger partial charge >= 0.3 is 23.9 Å². The minimum atomic E-state index is -2.27. The van der Waals surface area contributed by atoms with E-state index in [2.05, 4.69) is 0 Å². The molecular weight excluding hydrogens is 1540 g/mol. The van der Waals surface area contributed by atoms with Gasteiger partial charge in [-0.25, -0.2) is 0 Å². The van der Waals surface area contributed by atoms with Crippen LogP contribution >= 0.6 is 0 Å². The van der Waals surface area contributed by atoms with Crippen LogP contribution in [0.5, 0.6) is 46.0 Å². The molecule has 0 spiro atoms. The zero-order valence-electron chi connectivity index (χ0n) is 63.8. The van der Waals surface area contributed by atoms with Crippen LogP contribution < -0.4 is 18.9 Å². The van der Waals surface area contributed by atoms with Gasteiger partial charge in [0.2, 0.25) is 0 Å². The number of ether oxygens (including phenoxy) is 15. The largest absolute Gasteiger partial charge is 0.504 e. The monoisotopic (exact) mass is 1640 g/mol. The van der Waals surface area contributed by atoms with Gasteiger partial charge in [-0.3, -0.25) is 19.2 Å². The highest BCUT2D eigenvalue weighted by atomic mass is 16.7. The van der Waals surface area contributed by atoms with Crippen LogP contribution in [0.2, 0.25) is 0 Å². The molecule has 4 aromatic rings. The summed E-state index contributed by atoms with van der Waals surface area (Å²) < 4.78 is 85.4. The Kier molecular flexibility index (Phi) is 33.9. The lowest BCUT2D eigenvalue weighted by molar-refractivity contribution is -0.309. The zero-order valence-corrected chi connectivity index (χ0v) is 63.8.